The first-order chi connectivity index (χ1) is 8.63. The molecule has 2 N–H and O–H groups in total. The van der Waals surface area contributed by atoms with E-state index >= 15 is 0 Å². The van der Waals surface area contributed by atoms with Crippen LogP contribution in [0, 0.1) is 12.7 Å². The second-order valence-corrected chi connectivity index (χ2v) is 4.24. The minimum absolute atomic E-state index is 0.284. The fourth-order valence-electron chi connectivity index (χ4n) is 1.98. The monoisotopic (exact) mass is 245 g/mol. The van der Waals surface area contributed by atoms with Gasteiger partial charge in [0.2, 0.25) is 0 Å². The van der Waals surface area contributed by atoms with Gasteiger partial charge in [-0.15, -0.1) is 0 Å². The molecule has 3 heteroatoms. The molecule has 0 aliphatic rings. The van der Waals surface area contributed by atoms with E-state index in [-0.39, 0.29) is 5.82 Å². The van der Waals surface area contributed by atoms with E-state index in [1.54, 1.807) is 13.2 Å². The Morgan fingerprint density at radius 2 is 1.83 bits per heavy atom. The van der Waals surface area contributed by atoms with E-state index in [4.69, 9.17) is 10.5 Å². The number of nitrogens with two attached hydrogens (primary N) is 1. The van der Waals surface area contributed by atoms with Gasteiger partial charge in [0.15, 0.2) is 0 Å². The molecule has 1 unspecified atom stereocenters. The van der Waals surface area contributed by atoms with Gasteiger partial charge in [-0.05, 0) is 24.6 Å². The van der Waals surface area contributed by atoms with E-state index < -0.39 is 6.04 Å². The SMILES string of the molecule is COc1ccccc1C(N)c1ccc(C)cc1F. The number of benzene rings is 2. The van der Waals surface area contributed by atoms with Crippen molar-refractivity contribution in [1.29, 1.82) is 0 Å². The van der Waals surface area contributed by atoms with Crippen LogP contribution in [0.5, 0.6) is 5.75 Å². The minimum atomic E-state index is -0.526. The lowest BCUT2D eigenvalue weighted by Gasteiger charge is -2.16. The van der Waals surface area contributed by atoms with Crippen LogP contribution in [0.15, 0.2) is 42.5 Å². The smallest absolute Gasteiger partial charge is 0.128 e. The number of ether oxygens (including phenoxy) is 1. The average molecular weight is 245 g/mol. The predicted octanol–water partition coefficient (Wildman–Crippen LogP) is 3.19. The highest BCUT2D eigenvalue weighted by Gasteiger charge is 2.16. The van der Waals surface area contributed by atoms with Gasteiger partial charge in [0.1, 0.15) is 11.6 Å². The Bertz CT molecular complexity index is 554. The Hall–Kier alpha value is -1.87. The topological polar surface area (TPSA) is 35.2 Å². The van der Waals surface area contributed by atoms with E-state index in [1.807, 2.05) is 37.3 Å². The summed E-state index contributed by atoms with van der Waals surface area (Å²) in [5.74, 6) is 0.387. The van der Waals surface area contributed by atoms with Crippen LogP contribution in [0.25, 0.3) is 0 Å². The maximum absolute atomic E-state index is 13.9. The third-order valence-corrected chi connectivity index (χ3v) is 2.96. The van der Waals surface area contributed by atoms with E-state index in [9.17, 15) is 4.39 Å². The quantitative estimate of drug-likeness (QED) is 0.901. The Kier molecular flexibility index (Phi) is 3.63. The van der Waals surface area contributed by atoms with E-state index in [2.05, 4.69) is 0 Å². The molecule has 0 aliphatic carbocycles. The molecule has 2 aromatic carbocycles. The molecule has 0 aromatic heterocycles. The molecular formula is C15H16FNO. The molecule has 2 rings (SSSR count). The van der Waals surface area contributed by atoms with Gasteiger partial charge in [0.25, 0.3) is 0 Å². The van der Waals surface area contributed by atoms with Gasteiger partial charge < -0.3 is 10.5 Å². The van der Waals surface area contributed by atoms with Crippen LogP contribution in [-0.2, 0) is 0 Å². The van der Waals surface area contributed by atoms with E-state index in [0.29, 0.717) is 11.3 Å². The number of para-hydroxylation sites is 1. The van der Waals surface area contributed by atoms with Crippen molar-refractivity contribution in [3.05, 3.63) is 65.0 Å². The van der Waals surface area contributed by atoms with Crippen LogP contribution in [0.1, 0.15) is 22.7 Å². The fraction of sp³-hybridized carbons (Fsp3) is 0.200. The van der Waals surface area contributed by atoms with Crippen molar-refractivity contribution in [2.45, 2.75) is 13.0 Å². The predicted molar refractivity (Wildman–Crippen MR) is 70.2 cm³/mol. The third-order valence-electron chi connectivity index (χ3n) is 2.96. The van der Waals surface area contributed by atoms with E-state index in [0.717, 1.165) is 11.1 Å². The molecule has 18 heavy (non-hydrogen) atoms. The summed E-state index contributed by atoms with van der Waals surface area (Å²) < 4.78 is 19.2. The molecule has 2 nitrogen and oxygen atoms in total. The first-order valence-electron chi connectivity index (χ1n) is 5.78. The van der Waals surface area contributed by atoms with Crippen LogP contribution in [0.2, 0.25) is 0 Å². The van der Waals surface area contributed by atoms with Gasteiger partial charge >= 0.3 is 0 Å². The van der Waals surface area contributed by atoms with Crippen LogP contribution in [0.3, 0.4) is 0 Å². The number of methoxy groups -OCH3 is 1. The van der Waals surface area contributed by atoms with Gasteiger partial charge in [-0.25, -0.2) is 4.39 Å². The van der Waals surface area contributed by atoms with Crippen LogP contribution < -0.4 is 10.5 Å². The molecule has 2 aromatic rings. The molecule has 0 amide bonds. The van der Waals surface area contributed by atoms with Crippen molar-refractivity contribution in [2.75, 3.05) is 7.11 Å². The maximum atomic E-state index is 13.9. The molecule has 0 radical (unpaired) electrons. The van der Waals surface area contributed by atoms with Crippen molar-refractivity contribution >= 4 is 0 Å². The zero-order chi connectivity index (χ0) is 13.1. The maximum Gasteiger partial charge on any atom is 0.128 e. The van der Waals surface area contributed by atoms with Crippen LogP contribution in [-0.4, -0.2) is 7.11 Å². The van der Waals surface area contributed by atoms with Crippen molar-refractivity contribution in [2.24, 2.45) is 5.73 Å². The molecule has 0 bridgehead atoms. The number of aryl methyl sites for hydroxylation is 1. The molecule has 0 heterocycles. The summed E-state index contributed by atoms with van der Waals surface area (Å²) >= 11 is 0. The summed E-state index contributed by atoms with van der Waals surface area (Å²) in [7, 11) is 1.58. The Labute approximate surface area is 106 Å². The lowest BCUT2D eigenvalue weighted by atomic mass is 9.97. The largest absolute Gasteiger partial charge is 0.496 e. The summed E-state index contributed by atoms with van der Waals surface area (Å²) in [6.45, 7) is 1.85. The van der Waals surface area contributed by atoms with Crippen molar-refractivity contribution < 1.29 is 9.13 Å². The van der Waals surface area contributed by atoms with Crippen LogP contribution >= 0.6 is 0 Å². The normalized spacial score (nSPS) is 12.2. The Balaban J connectivity index is 2.44. The van der Waals surface area contributed by atoms with E-state index in [1.165, 1.54) is 6.07 Å². The summed E-state index contributed by atoms with van der Waals surface area (Å²) in [5, 5.41) is 0. The molecule has 0 saturated heterocycles. The molecule has 0 spiro atoms. The molecule has 94 valence electrons. The molecule has 0 saturated carbocycles. The molecule has 0 fully saturated rings. The first-order valence-corrected chi connectivity index (χ1v) is 5.78. The number of halogens is 1. The summed E-state index contributed by atoms with van der Waals surface area (Å²) in [6.07, 6.45) is 0. The highest BCUT2D eigenvalue weighted by Crippen LogP contribution is 2.29. The van der Waals surface area contributed by atoms with Gasteiger partial charge in [-0.1, -0.05) is 30.3 Å². The first kappa shape index (κ1) is 12.6. The summed E-state index contributed by atoms with van der Waals surface area (Å²) in [4.78, 5) is 0. The number of hydrogen-bond donors (Lipinski definition) is 1. The second kappa shape index (κ2) is 5.19. The van der Waals surface area contributed by atoms with Crippen molar-refractivity contribution in [3.63, 3.8) is 0 Å². The minimum Gasteiger partial charge on any atom is -0.496 e. The highest BCUT2D eigenvalue weighted by molar-refractivity contribution is 5.42. The molecule has 0 aliphatic heterocycles. The van der Waals surface area contributed by atoms with Gasteiger partial charge in [0.05, 0.1) is 13.2 Å². The summed E-state index contributed by atoms with van der Waals surface area (Å²) in [5.41, 5.74) is 8.26. The van der Waals surface area contributed by atoms with Gasteiger partial charge in [0, 0.05) is 11.1 Å². The van der Waals surface area contributed by atoms with Gasteiger partial charge in [-0.2, -0.15) is 0 Å². The summed E-state index contributed by atoms with van der Waals surface area (Å²) in [6, 6.07) is 11.9. The third kappa shape index (κ3) is 2.36. The zero-order valence-electron chi connectivity index (χ0n) is 10.5. The van der Waals surface area contributed by atoms with Gasteiger partial charge in [-0.3, -0.25) is 0 Å². The standard InChI is InChI=1S/C15H16FNO/c1-10-7-8-11(13(16)9-10)15(17)12-5-3-4-6-14(12)18-2/h3-9,15H,17H2,1-2H3. The number of rotatable bonds is 3. The van der Waals surface area contributed by atoms with Crippen molar-refractivity contribution in [1.82, 2.24) is 0 Å². The highest BCUT2D eigenvalue weighted by atomic mass is 19.1. The fourth-order valence-corrected chi connectivity index (χ4v) is 1.98. The average Bonchev–Trinajstić information content (AvgIpc) is 2.38. The second-order valence-electron chi connectivity index (χ2n) is 4.24. The Morgan fingerprint density at radius 1 is 1.11 bits per heavy atom. The lowest BCUT2D eigenvalue weighted by Crippen LogP contribution is -2.14. The molecule has 1 atom stereocenters. The zero-order valence-corrected chi connectivity index (χ0v) is 10.5. The Morgan fingerprint density at radius 3 is 2.50 bits per heavy atom. The lowest BCUT2D eigenvalue weighted by molar-refractivity contribution is 0.407. The van der Waals surface area contributed by atoms with Crippen molar-refractivity contribution in [3.8, 4) is 5.75 Å². The van der Waals surface area contributed by atoms with Crippen LogP contribution in [0.4, 0.5) is 4.39 Å². The molecular weight excluding hydrogens is 229 g/mol. The number of hydrogen-bond acceptors (Lipinski definition) is 2.